The van der Waals surface area contributed by atoms with Gasteiger partial charge in [0, 0.05) is 19.2 Å². The summed E-state index contributed by atoms with van der Waals surface area (Å²) in [6.45, 7) is 4.00. The largest absolute Gasteiger partial charge is 0.497 e. The summed E-state index contributed by atoms with van der Waals surface area (Å²) < 4.78 is 5.28. The number of methoxy groups -OCH3 is 1. The van der Waals surface area contributed by atoms with E-state index in [9.17, 15) is 4.79 Å². The number of hydrogen-bond donors (Lipinski definition) is 1. The van der Waals surface area contributed by atoms with E-state index in [0.29, 0.717) is 17.8 Å². The first-order chi connectivity index (χ1) is 16.0. The van der Waals surface area contributed by atoms with Gasteiger partial charge in [0.1, 0.15) is 5.75 Å². The fourth-order valence-corrected chi connectivity index (χ4v) is 3.78. The van der Waals surface area contributed by atoms with Crippen LogP contribution >= 0.6 is 0 Å². The summed E-state index contributed by atoms with van der Waals surface area (Å²) in [5, 5.41) is 16.2. The minimum atomic E-state index is -0.0942. The summed E-state index contributed by atoms with van der Waals surface area (Å²) in [5.74, 6) is 0.698. The molecule has 0 amide bonds. The molecule has 0 aliphatic rings. The molecule has 33 heavy (non-hydrogen) atoms. The molecule has 0 radical (unpaired) electrons. The number of aryl methyl sites for hydroxylation is 1. The SMILES string of the molecule is COc1ccc(CN(c2ccc(-c3ccc(C#N)cc3)cc2)c2c(C(C)=O)n[nH]c2C)cc1. The van der Waals surface area contributed by atoms with E-state index >= 15 is 0 Å². The Bertz CT molecular complexity index is 1300. The number of rotatable bonds is 7. The van der Waals surface area contributed by atoms with Gasteiger partial charge < -0.3 is 9.64 Å². The molecular formula is C27H24N4O2. The van der Waals surface area contributed by atoms with Crippen molar-refractivity contribution in [2.75, 3.05) is 12.0 Å². The van der Waals surface area contributed by atoms with E-state index in [1.807, 2.05) is 79.7 Å². The number of ketones is 1. The molecule has 0 saturated carbocycles. The average molecular weight is 437 g/mol. The molecule has 1 aromatic heterocycles. The molecule has 0 aliphatic heterocycles. The summed E-state index contributed by atoms with van der Waals surface area (Å²) in [5.41, 5.74) is 6.73. The molecule has 0 saturated heterocycles. The van der Waals surface area contributed by atoms with E-state index in [1.54, 1.807) is 7.11 Å². The van der Waals surface area contributed by atoms with Crippen LogP contribution in [-0.2, 0) is 6.54 Å². The van der Waals surface area contributed by atoms with Crippen LogP contribution < -0.4 is 9.64 Å². The van der Waals surface area contributed by atoms with Gasteiger partial charge in [-0.25, -0.2) is 0 Å². The first-order valence-electron chi connectivity index (χ1n) is 10.6. The molecule has 3 aromatic carbocycles. The molecule has 0 spiro atoms. The smallest absolute Gasteiger partial charge is 0.182 e. The Labute approximate surface area is 193 Å². The number of hydrogen-bond acceptors (Lipinski definition) is 5. The van der Waals surface area contributed by atoms with Gasteiger partial charge in [0.2, 0.25) is 0 Å². The Morgan fingerprint density at radius 1 is 1.00 bits per heavy atom. The zero-order valence-corrected chi connectivity index (χ0v) is 18.8. The average Bonchev–Trinajstić information content (AvgIpc) is 3.24. The standard InChI is InChI=1S/C27H24N4O2/c1-18-27(26(19(2)32)30-29-18)31(17-21-6-14-25(33-3)15-7-21)24-12-10-23(11-13-24)22-8-4-20(16-28)5-9-22/h4-15H,17H2,1-3H3,(H,29,30). The second-order valence-corrected chi connectivity index (χ2v) is 7.77. The normalized spacial score (nSPS) is 10.5. The minimum Gasteiger partial charge on any atom is -0.497 e. The number of Topliss-reactive ketones (excluding diaryl/α,β-unsaturated/α-hetero) is 1. The zero-order valence-electron chi connectivity index (χ0n) is 18.8. The molecule has 0 unspecified atom stereocenters. The molecule has 0 fully saturated rings. The number of nitriles is 1. The number of nitrogens with zero attached hydrogens (tertiary/aromatic N) is 3. The summed E-state index contributed by atoms with van der Waals surface area (Å²) in [6.07, 6.45) is 0. The minimum absolute atomic E-state index is 0.0942. The second-order valence-electron chi connectivity index (χ2n) is 7.77. The van der Waals surface area contributed by atoms with Crippen LogP contribution in [0.3, 0.4) is 0 Å². The number of carbonyl (C=O) groups is 1. The van der Waals surface area contributed by atoms with Crippen molar-refractivity contribution in [3.63, 3.8) is 0 Å². The van der Waals surface area contributed by atoms with Crippen molar-refractivity contribution in [2.45, 2.75) is 20.4 Å². The molecule has 0 aliphatic carbocycles. The Morgan fingerprint density at radius 2 is 1.61 bits per heavy atom. The number of aromatic nitrogens is 2. The maximum Gasteiger partial charge on any atom is 0.182 e. The van der Waals surface area contributed by atoms with E-state index in [0.717, 1.165) is 39.5 Å². The molecule has 4 rings (SSSR count). The Kier molecular flexibility index (Phi) is 6.23. The number of ether oxygens (including phenoxy) is 1. The molecule has 0 atom stereocenters. The van der Waals surface area contributed by atoms with Crippen LogP contribution in [0, 0.1) is 18.3 Å². The highest BCUT2D eigenvalue weighted by Crippen LogP contribution is 2.34. The van der Waals surface area contributed by atoms with Crippen LogP contribution in [-0.4, -0.2) is 23.1 Å². The summed E-state index contributed by atoms with van der Waals surface area (Å²) >= 11 is 0. The van der Waals surface area contributed by atoms with Crippen LogP contribution in [0.4, 0.5) is 11.4 Å². The van der Waals surface area contributed by atoms with Gasteiger partial charge in [-0.2, -0.15) is 10.4 Å². The Balaban J connectivity index is 1.73. The zero-order chi connectivity index (χ0) is 23.4. The highest BCUT2D eigenvalue weighted by molar-refractivity contribution is 5.99. The lowest BCUT2D eigenvalue weighted by Crippen LogP contribution is -2.19. The van der Waals surface area contributed by atoms with Crippen molar-refractivity contribution >= 4 is 17.2 Å². The molecule has 6 nitrogen and oxygen atoms in total. The first-order valence-corrected chi connectivity index (χ1v) is 10.6. The topological polar surface area (TPSA) is 82.0 Å². The van der Waals surface area contributed by atoms with Crippen molar-refractivity contribution in [1.82, 2.24) is 10.2 Å². The van der Waals surface area contributed by atoms with Gasteiger partial charge in [-0.1, -0.05) is 36.4 Å². The van der Waals surface area contributed by atoms with Gasteiger partial charge in [0.15, 0.2) is 11.5 Å². The van der Waals surface area contributed by atoms with Crippen LogP contribution in [0.1, 0.15) is 34.2 Å². The molecule has 1 heterocycles. The van der Waals surface area contributed by atoms with Crippen LogP contribution in [0.2, 0.25) is 0 Å². The Hall–Kier alpha value is -4.37. The fourth-order valence-electron chi connectivity index (χ4n) is 3.78. The maximum absolute atomic E-state index is 12.3. The van der Waals surface area contributed by atoms with Gasteiger partial charge in [0.05, 0.1) is 30.1 Å². The lowest BCUT2D eigenvalue weighted by atomic mass is 10.0. The van der Waals surface area contributed by atoms with Crippen molar-refractivity contribution < 1.29 is 9.53 Å². The summed E-state index contributed by atoms with van der Waals surface area (Å²) in [7, 11) is 1.64. The fraction of sp³-hybridized carbons (Fsp3) is 0.148. The molecule has 1 N–H and O–H groups in total. The van der Waals surface area contributed by atoms with Gasteiger partial charge in [-0.15, -0.1) is 0 Å². The van der Waals surface area contributed by atoms with Crippen LogP contribution in [0.15, 0.2) is 72.8 Å². The number of aromatic amines is 1. The number of carbonyl (C=O) groups excluding carboxylic acids is 1. The second kappa shape index (κ2) is 9.41. The van der Waals surface area contributed by atoms with Gasteiger partial charge in [-0.3, -0.25) is 9.89 Å². The highest BCUT2D eigenvalue weighted by Gasteiger charge is 2.22. The van der Waals surface area contributed by atoms with Crippen LogP contribution in [0.25, 0.3) is 11.1 Å². The maximum atomic E-state index is 12.3. The van der Waals surface area contributed by atoms with Crippen molar-refractivity contribution in [3.05, 3.63) is 95.3 Å². The first kappa shape index (κ1) is 21.8. The molecular weight excluding hydrogens is 412 g/mol. The molecule has 0 bridgehead atoms. The van der Waals surface area contributed by atoms with Crippen LogP contribution in [0.5, 0.6) is 5.75 Å². The van der Waals surface area contributed by atoms with Crippen molar-refractivity contribution in [1.29, 1.82) is 5.26 Å². The lowest BCUT2D eigenvalue weighted by Gasteiger charge is -2.26. The summed E-state index contributed by atoms with van der Waals surface area (Å²) in [6, 6.07) is 25.7. The molecule has 4 aromatic rings. The third kappa shape index (κ3) is 4.63. The van der Waals surface area contributed by atoms with E-state index < -0.39 is 0 Å². The number of benzene rings is 3. The monoisotopic (exact) mass is 436 g/mol. The predicted molar refractivity (Wildman–Crippen MR) is 129 cm³/mol. The van der Waals surface area contributed by atoms with E-state index in [-0.39, 0.29) is 5.78 Å². The highest BCUT2D eigenvalue weighted by atomic mass is 16.5. The third-order valence-corrected chi connectivity index (χ3v) is 5.54. The third-order valence-electron chi connectivity index (χ3n) is 5.54. The van der Waals surface area contributed by atoms with Gasteiger partial charge in [-0.05, 0) is 60.0 Å². The number of anilines is 2. The van der Waals surface area contributed by atoms with E-state index in [2.05, 4.69) is 21.2 Å². The number of nitrogens with one attached hydrogen (secondary N) is 1. The predicted octanol–water partition coefficient (Wildman–Crippen LogP) is 5.81. The van der Waals surface area contributed by atoms with Gasteiger partial charge in [0.25, 0.3) is 0 Å². The van der Waals surface area contributed by atoms with Crippen molar-refractivity contribution in [3.8, 4) is 22.9 Å². The molecule has 6 heteroatoms. The lowest BCUT2D eigenvalue weighted by molar-refractivity contribution is 0.101. The van der Waals surface area contributed by atoms with Gasteiger partial charge >= 0.3 is 0 Å². The Morgan fingerprint density at radius 3 is 2.15 bits per heavy atom. The quantitative estimate of drug-likeness (QED) is 0.370. The number of H-pyrrole nitrogens is 1. The molecule has 164 valence electrons. The van der Waals surface area contributed by atoms with Crippen molar-refractivity contribution in [2.24, 2.45) is 0 Å². The van der Waals surface area contributed by atoms with E-state index in [4.69, 9.17) is 10.00 Å². The van der Waals surface area contributed by atoms with E-state index in [1.165, 1.54) is 6.92 Å². The summed E-state index contributed by atoms with van der Waals surface area (Å²) in [4.78, 5) is 14.4.